The van der Waals surface area contributed by atoms with Crippen molar-refractivity contribution in [2.24, 2.45) is 0 Å². The lowest BCUT2D eigenvalue weighted by atomic mass is 9.99. The van der Waals surface area contributed by atoms with Crippen molar-refractivity contribution in [2.45, 2.75) is 50.7 Å². The third-order valence-electron chi connectivity index (χ3n) is 2.25. The summed E-state index contributed by atoms with van der Waals surface area (Å²) >= 11 is 0. The Balaban J connectivity index is 2.65. The van der Waals surface area contributed by atoms with Crippen molar-refractivity contribution in [3.63, 3.8) is 0 Å². The van der Waals surface area contributed by atoms with Crippen molar-refractivity contribution in [3.8, 4) is 0 Å². The van der Waals surface area contributed by atoms with Gasteiger partial charge in [0.1, 0.15) is 24.4 Å². The molecule has 1 saturated heterocycles. The van der Waals surface area contributed by atoms with Crippen molar-refractivity contribution in [1.29, 1.82) is 0 Å². The van der Waals surface area contributed by atoms with Gasteiger partial charge in [-0.2, -0.15) is 0 Å². The summed E-state index contributed by atoms with van der Waals surface area (Å²) in [6.45, 7) is 3.06. The first-order chi connectivity index (χ1) is 6.97. The fourth-order valence-electron chi connectivity index (χ4n) is 1.45. The maximum absolute atomic E-state index is 9.53. The molecule has 0 saturated carbocycles. The van der Waals surface area contributed by atoms with Gasteiger partial charge in [0, 0.05) is 0 Å². The lowest BCUT2D eigenvalue weighted by Crippen LogP contribution is -2.59. The molecule has 0 bridgehead atoms. The molecule has 0 aromatic rings. The van der Waals surface area contributed by atoms with Crippen LogP contribution < -0.4 is 0 Å². The molecule has 0 aromatic carbocycles. The minimum atomic E-state index is -1.38. The van der Waals surface area contributed by atoms with E-state index in [4.69, 9.17) is 14.6 Å². The predicted octanol–water partition coefficient (Wildman–Crippen LogP) is -1.79. The Labute approximate surface area is 88.1 Å². The average molecular weight is 222 g/mol. The molecule has 1 unspecified atom stereocenters. The Hall–Kier alpha value is -0.240. The predicted molar refractivity (Wildman–Crippen MR) is 50.0 cm³/mol. The fraction of sp³-hybridized carbons (Fsp3) is 1.00. The number of aliphatic hydroxyl groups is 4. The molecule has 15 heavy (non-hydrogen) atoms. The van der Waals surface area contributed by atoms with E-state index in [2.05, 4.69) is 0 Å². The minimum Gasteiger partial charge on any atom is -0.394 e. The van der Waals surface area contributed by atoms with Crippen LogP contribution in [0, 0.1) is 0 Å². The summed E-state index contributed by atoms with van der Waals surface area (Å²) in [4.78, 5) is 0. The molecule has 0 aromatic heterocycles. The molecule has 0 radical (unpaired) electrons. The molecule has 6 nitrogen and oxygen atoms in total. The van der Waals surface area contributed by atoms with Crippen LogP contribution in [0.5, 0.6) is 0 Å². The molecule has 1 rings (SSSR count). The fourth-order valence-corrected chi connectivity index (χ4v) is 1.45. The van der Waals surface area contributed by atoms with Gasteiger partial charge in [-0.25, -0.2) is 0 Å². The van der Waals surface area contributed by atoms with E-state index in [1.54, 1.807) is 13.8 Å². The summed E-state index contributed by atoms with van der Waals surface area (Å²) in [5.41, 5.74) is 0. The van der Waals surface area contributed by atoms with Crippen LogP contribution in [0.2, 0.25) is 0 Å². The molecule has 1 heterocycles. The largest absolute Gasteiger partial charge is 0.394 e. The van der Waals surface area contributed by atoms with E-state index < -0.39 is 37.3 Å². The van der Waals surface area contributed by atoms with E-state index in [1.165, 1.54) is 0 Å². The highest BCUT2D eigenvalue weighted by Gasteiger charge is 2.44. The third kappa shape index (κ3) is 2.87. The average Bonchev–Trinajstić information content (AvgIpc) is 2.18. The molecular formula is C9H18O6. The molecule has 1 fully saturated rings. The summed E-state index contributed by atoms with van der Waals surface area (Å²) in [6.07, 6.45) is -6.15. The second-order valence-corrected chi connectivity index (χ2v) is 3.88. The topological polar surface area (TPSA) is 99.4 Å². The van der Waals surface area contributed by atoms with Crippen LogP contribution in [-0.2, 0) is 9.47 Å². The lowest BCUT2D eigenvalue weighted by Gasteiger charge is -2.40. The highest BCUT2D eigenvalue weighted by Crippen LogP contribution is 2.22. The first kappa shape index (κ1) is 12.8. The van der Waals surface area contributed by atoms with E-state index in [9.17, 15) is 15.3 Å². The monoisotopic (exact) mass is 222 g/mol. The first-order valence-electron chi connectivity index (χ1n) is 4.93. The second-order valence-electron chi connectivity index (χ2n) is 3.88. The Kier molecular flexibility index (Phi) is 4.45. The highest BCUT2D eigenvalue weighted by atomic mass is 16.7. The first-order valence-corrected chi connectivity index (χ1v) is 4.93. The van der Waals surface area contributed by atoms with Gasteiger partial charge in [0.2, 0.25) is 0 Å². The molecule has 1 aliphatic heterocycles. The van der Waals surface area contributed by atoms with Crippen LogP contribution in [0.25, 0.3) is 0 Å². The maximum Gasteiger partial charge on any atom is 0.186 e. The van der Waals surface area contributed by atoms with Gasteiger partial charge in [-0.15, -0.1) is 0 Å². The van der Waals surface area contributed by atoms with E-state index in [-0.39, 0.29) is 6.10 Å². The van der Waals surface area contributed by atoms with Gasteiger partial charge in [-0.05, 0) is 13.8 Å². The molecule has 5 atom stereocenters. The van der Waals surface area contributed by atoms with E-state index in [0.29, 0.717) is 0 Å². The quantitative estimate of drug-likeness (QED) is 0.450. The van der Waals surface area contributed by atoms with Crippen molar-refractivity contribution in [1.82, 2.24) is 0 Å². The summed E-state index contributed by atoms with van der Waals surface area (Å²) in [7, 11) is 0. The van der Waals surface area contributed by atoms with Crippen LogP contribution in [0.4, 0.5) is 0 Å². The smallest absolute Gasteiger partial charge is 0.186 e. The van der Waals surface area contributed by atoms with Crippen molar-refractivity contribution >= 4 is 0 Å². The molecule has 4 N–H and O–H groups in total. The van der Waals surface area contributed by atoms with Crippen LogP contribution >= 0.6 is 0 Å². The molecule has 0 aliphatic carbocycles. The summed E-state index contributed by atoms with van der Waals surface area (Å²) in [5, 5.41) is 37.3. The zero-order chi connectivity index (χ0) is 11.6. The number of rotatable bonds is 3. The standard InChI is InChI=1S/C9H18O6/c1-4(2)14-9-8(13)7(12)6(11)5(3-10)15-9/h4-13H,3H2,1-2H3/t5?,6-,7-,8+,9+/m0/s1. The molecule has 0 spiro atoms. The number of aliphatic hydroxyl groups excluding tert-OH is 4. The van der Waals surface area contributed by atoms with Crippen LogP contribution in [-0.4, -0.2) is 63.8 Å². The molecular weight excluding hydrogens is 204 g/mol. The van der Waals surface area contributed by atoms with Gasteiger partial charge in [0.05, 0.1) is 12.7 Å². The van der Waals surface area contributed by atoms with E-state index in [1.807, 2.05) is 0 Å². The number of hydrogen-bond donors (Lipinski definition) is 4. The number of hydrogen-bond acceptors (Lipinski definition) is 6. The van der Waals surface area contributed by atoms with Gasteiger partial charge in [-0.3, -0.25) is 0 Å². The summed E-state index contributed by atoms with van der Waals surface area (Å²) < 4.78 is 10.3. The van der Waals surface area contributed by atoms with E-state index in [0.717, 1.165) is 0 Å². The summed E-state index contributed by atoms with van der Waals surface area (Å²) in [6, 6.07) is 0. The SMILES string of the molecule is CC(C)O[C@@H]1OC(CO)[C@H](O)[C@H](O)[C@H]1O. The highest BCUT2D eigenvalue weighted by molar-refractivity contribution is 4.88. The summed E-state index contributed by atoms with van der Waals surface area (Å²) in [5.74, 6) is 0. The van der Waals surface area contributed by atoms with Crippen molar-refractivity contribution in [3.05, 3.63) is 0 Å². The van der Waals surface area contributed by atoms with Gasteiger partial charge in [-0.1, -0.05) is 0 Å². The van der Waals surface area contributed by atoms with Crippen molar-refractivity contribution < 1.29 is 29.9 Å². The van der Waals surface area contributed by atoms with Crippen LogP contribution in [0.3, 0.4) is 0 Å². The molecule has 0 amide bonds. The Morgan fingerprint density at radius 2 is 1.73 bits per heavy atom. The zero-order valence-corrected chi connectivity index (χ0v) is 8.78. The molecule has 1 aliphatic rings. The van der Waals surface area contributed by atoms with E-state index >= 15 is 0 Å². The number of ether oxygens (including phenoxy) is 2. The van der Waals surface area contributed by atoms with Crippen LogP contribution in [0.15, 0.2) is 0 Å². The Morgan fingerprint density at radius 3 is 2.20 bits per heavy atom. The van der Waals surface area contributed by atoms with Gasteiger partial charge < -0.3 is 29.9 Å². The normalized spacial score (nSPS) is 42.2. The zero-order valence-electron chi connectivity index (χ0n) is 8.78. The third-order valence-corrected chi connectivity index (χ3v) is 2.25. The maximum atomic E-state index is 9.53. The molecule has 90 valence electrons. The molecule has 6 heteroatoms. The van der Waals surface area contributed by atoms with Crippen LogP contribution in [0.1, 0.15) is 13.8 Å². The second kappa shape index (κ2) is 5.20. The Morgan fingerprint density at radius 1 is 1.13 bits per heavy atom. The van der Waals surface area contributed by atoms with Gasteiger partial charge in [0.25, 0.3) is 0 Å². The Bertz CT molecular complexity index is 195. The van der Waals surface area contributed by atoms with Gasteiger partial charge in [0.15, 0.2) is 6.29 Å². The minimum absolute atomic E-state index is 0.188. The lowest BCUT2D eigenvalue weighted by molar-refractivity contribution is -0.308. The van der Waals surface area contributed by atoms with Gasteiger partial charge >= 0.3 is 0 Å². The van der Waals surface area contributed by atoms with Crippen molar-refractivity contribution in [2.75, 3.05) is 6.61 Å².